The first-order chi connectivity index (χ1) is 11.9. The Hall–Kier alpha value is -3.02. The van der Waals surface area contributed by atoms with E-state index < -0.39 is 0 Å². The van der Waals surface area contributed by atoms with Gasteiger partial charge in [-0.15, -0.1) is 0 Å². The van der Waals surface area contributed by atoms with Gasteiger partial charge in [-0.1, -0.05) is 0 Å². The molecule has 0 aliphatic heterocycles. The summed E-state index contributed by atoms with van der Waals surface area (Å²) >= 11 is 0. The standard InChI is InChI=1S/C19H22N2O4/c1-12-9-13(2)21-19(23)16(12)11-20-18(22)8-5-14-10-15(24-3)6-7-17(14)25-4/h5-10H,11H2,1-4H3,(H,20,22)(H,21,23)/b8-5+. The molecule has 2 N–H and O–H groups in total. The van der Waals surface area contributed by atoms with Crippen LogP contribution in [-0.2, 0) is 11.3 Å². The van der Waals surface area contributed by atoms with E-state index in [1.165, 1.54) is 6.08 Å². The second kappa shape index (κ2) is 8.19. The molecule has 0 fully saturated rings. The van der Waals surface area contributed by atoms with Gasteiger partial charge in [0.25, 0.3) is 5.56 Å². The van der Waals surface area contributed by atoms with Crippen LogP contribution in [0.15, 0.2) is 35.1 Å². The highest BCUT2D eigenvalue weighted by molar-refractivity contribution is 5.92. The van der Waals surface area contributed by atoms with Crippen molar-refractivity contribution in [1.82, 2.24) is 10.3 Å². The van der Waals surface area contributed by atoms with Crippen LogP contribution in [0.5, 0.6) is 11.5 Å². The van der Waals surface area contributed by atoms with Crippen LogP contribution in [0.2, 0.25) is 0 Å². The number of amides is 1. The quantitative estimate of drug-likeness (QED) is 0.790. The van der Waals surface area contributed by atoms with Gasteiger partial charge < -0.3 is 19.8 Å². The number of carbonyl (C=O) groups is 1. The van der Waals surface area contributed by atoms with Crippen LogP contribution in [0.3, 0.4) is 0 Å². The molecule has 0 atom stereocenters. The third kappa shape index (κ3) is 4.73. The fraction of sp³-hybridized carbons (Fsp3) is 0.263. The molecule has 0 aliphatic rings. The molecule has 0 bridgehead atoms. The van der Waals surface area contributed by atoms with Crippen LogP contribution in [0.4, 0.5) is 0 Å². The summed E-state index contributed by atoms with van der Waals surface area (Å²) in [6.45, 7) is 3.83. The average molecular weight is 342 g/mol. The third-order valence-electron chi connectivity index (χ3n) is 3.78. The number of rotatable bonds is 6. The molecule has 132 valence electrons. The molecule has 0 unspecified atom stereocenters. The zero-order chi connectivity index (χ0) is 18.4. The van der Waals surface area contributed by atoms with Crippen LogP contribution in [0.25, 0.3) is 6.08 Å². The lowest BCUT2D eigenvalue weighted by atomic mass is 10.1. The summed E-state index contributed by atoms with van der Waals surface area (Å²) in [6, 6.07) is 7.20. The topological polar surface area (TPSA) is 80.4 Å². The van der Waals surface area contributed by atoms with E-state index in [4.69, 9.17) is 9.47 Å². The van der Waals surface area contributed by atoms with Gasteiger partial charge in [-0.05, 0) is 49.8 Å². The molecule has 0 saturated heterocycles. The Kier molecular flexibility index (Phi) is 6.00. The van der Waals surface area contributed by atoms with Crippen LogP contribution < -0.4 is 20.3 Å². The van der Waals surface area contributed by atoms with Gasteiger partial charge in [0, 0.05) is 29.4 Å². The first kappa shape index (κ1) is 18.3. The number of aryl methyl sites for hydroxylation is 2. The predicted octanol–water partition coefficient (Wildman–Crippen LogP) is 2.34. The maximum absolute atomic E-state index is 12.1. The number of aromatic amines is 1. The lowest BCUT2D eigenvalue weighted by molar-refractivity contribution is -0.116. The molecule has 0 saturated carbocycles. The van der Waals surface area contributed by atoms with E-state index in [0.717, 1.165) is 16.8 Å². The van der Waals surface area contributed by atoms with E-state index >= 15 is 0 Å². The first-order valence-corrected chi connectivity index (χ1v) is 7.82. The van der Waals surface area contributed by atoms with Crippen molar-refractivity contribution in [2.24, 2.45) is 0 Å². The molecule has 0 aliphatic carbocycles. The fourth-order valence-electron chi connectivity index (χ4n) is 2.47. The molecular weight excluding hydrogens is 320 g/mol. The maximum atomic E-state index is 12.1. The van der Waals surface area contributed by atoms with Gasteiger partial charge in [0.2, 0.25) is 5.91 Å². The maximum Gasteiger partial charge on any atom is 0.253 e. The molecule has 1 amide bonds. The van der Waals surface area contributed by atoms with Crippen molar-refractivity contribution in [2.75, 3.05) is 14.2 Å². The Labute approximate surface area is 146 Å². The zero-order valence-electron chi connectivity index (χ0n) is 14.8. The molecule has 25 heavy (non-hydrogen) atoms. The minimum absolute atomic E-state index is 0.167. The lowest BCUT2D eigenvalue weighted by Gasteiger charge is -2.08. The van der Waals surface area contributed by atoms with E-state index in [-0.39, 0.29) is 18.0 Å². The molecule has 0 radical (unpaired) electrons. The Balaban J connectivity index is 2.08. The minimum Gasteiger partial charge on any atom is -0.497 e. The second-order valence-corrected chi connectivity index (χ2v) is 5.60. The van der Waals surface area contributed by atoms with Crippen molar-refractivity contribution in [3.8, 4) is 11.5 Å². The van der Waals surface area contributed by atoms with E-state index in [1.54, 1.807) is 38.5 Å². The minimum atomic E-state index is -0.302. The second-order valence-electron chi connectivity index (χ2n) is 5.60. The molecule has 1 heterocycles. The van der Waals surface area contributed by atoms with Gasteiger partial charge >= 0.3 is 0 Å². The number of benzene rings is 1. The Bertz CT molecular complexity index is 853. The van der Waals surface area contributed by atoms with E-state index in [1.807, 2.05) is 19.9 Å². The van der Waals surface area contributed by atoms with Gasteiger partial charge in [0.1, 0.15) is 11.5 Å². The predicted molar refractivity (Wildman–Crippen MR) is 97.0 cm³/mol. The van der Waals surface area contributed by atoms with E-state index in [9.17, 15) is 9.59 Å². The summed E-state index contributed by atoms with van der Waals surface area (Å²) < 4.78 is 10.4. The number of carbonyl (C=O) groups excluding carboxylic acids is 1. The van der Waals surface area contributed by atoms with Crippen molar-refractivity contribution in [1.29, 1.82) is 0 Å². The summed E-state index contributed by atoms with van der Waals surface area (Å²) in [5.74, 6) is 1.00. The molecule has 0 spiro atoms. The number of aromatic nitrogens is 1. The summed E-state index contributed by atoms with van der Waals surface area (Å²) in [5, 5.41) is 2.72. The van der Waals surface area contributed by atoms with Crippen molar-refractivity contribution >= 4 is 12.0 Å². The van der Waals surface area contributed by atoms with Gasteiger partial charge in [0.15, 0.2) is 0 Å². The highest BCUT2D eigenvalue weighted by atomic mass is 16.5. The molecular formula is C19H22N2O4. The first-order valence-electron chi connectivity index (χ1n) is 7.82. The highest BCUT2D eigenvalue weighted by Gasteiger charge is 2.07. The summed E-state index contributed by atoms with van der Waals surface area (Å²) in [5.41, 5.74) is 2.73. The largest absolute Gasteiger partial charge is 0.497 e. The molecule has 6 heteroatoms. The van der Waals surface area contributed by atoms with Crippen LogP contribution in [-0.4, -0.2) is 25.1 Å². The Morgan fingerprint density at radius 2 is 1.96 bits per heavy atom. The number of pyridine rings is 1. The van der Waals surface area contributed by atoms with Crippen LogP contribution in [0, 0.1) is 13.8 Å². The monoisotopic (exact) mass is 342 g/mol. The van der Waals surface area contributed by atoms with Gasteiger partial charge in [-0.2, -0.15) is 0 Å². The number of methoxy groups -OCH3 is 2. The summed E-state index contributed by atoms with van der Waals surface area (Å²) in [6.07, 6.45) is 3.04. The molecule has 2 aromatic rings. The Morgan fingerprint density at radius 1 is 1.20 bits per heavy atom. The SMILES string of the molecule is COc1ccc(OC)c(/C=C/C(=O)NCc2c(C)cc(C)[nH]c2=O)c1. The fourth-order valence-corrected chi connectivity index (χ4v) is 2.47. The van der Waals surface area contributed by atoms with Crippen LogP contribution >= 0.6 is 0 Å². The zero-order valence-corrected chi connectivity index (χ0v) is 14.8. The number of ether oxygens (including phenoxy) is 2. The molecule has 1 aromatic heterocycles. The van der Waals surface area contributed by atoms with Crippen molar-refractivity contribution in [2.45, 2.75) is 20.4 Å². The number of nitrogens with one attached hydrogen (secondary N) is 2. The molecule has 2 rings (SSSR count). The number of H-pyrrole nitrogens is 1. The smallest absolute Gasteiger partial charge is 0.253 e. The number of hydrogen-bond acceptors (Lipinski definition) is 4. The highest BCUT2D eigenvalue weighted by Crippen LogP contribution is 2.24. The Morgan fingerprint density at radius 3 is 2.60 bits per heavy atom. The van der Waals surface area contributed by atoms with E-state index in [2.05, 4.69) is 10.3 Å². The summed E-state index contributed by atoms with van der Waals surface area (Å²) in [7, 11) is 3.13. The van der Waals surface area contributed by atoms with Gasteiger partial charge in [-0.3, -0.25) is 9.59 Å². The average Bonchev–Trinajstić information content (AvgIpc) is 2.58. The molecule has 1 aromatic carbocycles. The third-order valence-corrected chi connectivity index (χ3v) is 3.78. The van der Waals surface area contributed by atoms with Crippen molar-refractivity contribution in [3.63, 3.8) is 0 Å². The normalized spacial score (nSPS) is 10.7. The molecule has 6 nitrogen and oxygen atoms in total. The van der Waals surface area contributed by atoms with Gasteiger partial charge in [-0.25, -0.2) is 0 Å². The van der Waals surface area contributed by atoms with Crippen molar-refractivity contribution < 1.29 is 14.3 Å². The number of hydrogen-bond donors (Lipinski definition) is 2. The summed E-state index contributed by atoms with van der Waals surface area (Å²) in [4.78, 5) is 26.7. The van der Waals surface area contributed by atoms with Gasteiger partial charge in [0.05, 0.1) is 14.2 Å². The lowest BCUT2D eigenvalue weighted by Crippen LogP contribution is -2.26. The van der Waals surface area contributed by atoms with E-state index in [0.29, 0.717) is 17.1 Å². The van der Waals surface area contributed by atoms with Crippen LogP contribution in [0.1, 0.15) is 22.4 Å². The van der Waals surface area contributed by atoms with Crippen molar-refractivity contribution in [3.05, 3.63) is 63.1 Å².